The highest BCUT2D eigenvalue weighted by Crippen LogP contribution is 2.27. The topological polar surface area (TPSA) is 59.0 Å². The summed E-state index contributed by atoms with van der Waals surface area (Å²) >= 11 is 0. The molecule has 1 aliphatic heterocycles. The Morgan fingerprint density at radius 1 is 1.30 bits per heavy atom. The molecule has 23 heavy (non-hydrogen) atoms. The lowest BCUT2D eigenvalue weighted by Gasteiger charge is -2.33. The van der Waals surface area contributed by atoms with E-state index in [0.717, 1.165) is 35.2 Å². The van der Waals surface area contributed by atoms with Crippen molar-refractivity contribution in [2.24, 2.45) is 0 Å². The number of hydrogen-bond acceptors (Lipinski definition) is 4. The van der Waals surface area contributed by atoms with Gasteiger partial charge in [0, 0.05) is 19.6 Å². The summed E-state index contributed by atoms with van der Waals surface area (Å²) in [7, 11) is 1.66. The van der Waals surface area contributed by atoms with Gasteiger partial charge >= 0.3 is 5.97 Å². The zero-order chi connectivity index (χ0) is 16.2. The molecule has 0 aliphatic carbocycles. The summed E-state index contributed by atoms with van der Waals surface area (Å²) in [6.45, 7) is 2.72. The Labute approximate surface area is 135 Å². The van der Waals surface area contributed by atoms with Crippen LogP contribution in [-0.2, 0) is 9.53 Å². The number of benzene rings is 2. The van der Waals surface area contributed by atoms with E-state index < -0.39 is 5.97 Å². The first-order valence-corrected chi connectivity index (χ1v) is 7.79. The van der Waals surface area contributed by atoms with Gasteiger partial charge in [0.2, 0.25) is 0 Å². The molecule has 0 amide bonds. The van der Waals surface area contributed by atoms with Crippen LogP contribution in [0.25, 0.3) is 10.8 Å². The number of carboxylic acid groups (broad SMARTS) is 1. The molecule has 1 atom stereocenters. The van der Waals surface area contributed by atoms with Crippen LogP contribution in [0.5, 0.6) is 5.75 Å². The van der Waals surface area contributed by atoms with E-state index >= 15 is 0 Å². The molecular formula is C18H21NO4. The van der Waals surface area contributed by atoms with Crippen LogP contribution in [0.2, 0.25) is 0 Å². The maximum Gasteiger partial charge on any atom is 0.304 e. The summed E-state index contributed by atoms with van der Waals surface area (Å²) in [6, 6.07) is 12.3. The monoisotopic (exact) mass is 315 g/mol. The average Bonchev–Trinajstić information content (AvgIpc) is 2.59. The molecule has 122 valence electrons. The largest absolute Gasteiger partial charge is 0.497 e. The van der Waals surface area contributed by atoms with Gasteiger partial charge < -0.3 is 14.6 Å². The van der Waals surface area contributed by atoms with E-state index in [9.17, 15) is 4.79 Å². The first-order chi connectivity index (χ1) is 11.2. The van der Waals surface area contributed by atoms with Crippen LogP contribution in [0.15, 0.2) is 36.4 Å². The molecule has 0 bridgehead atoms. The van der Waals surface area contributed by atoms with Gasteiger partial charge in [0.1, 0.15) is 5.75 Å². The number of aliphatic carboxylic acids is 1. The summed E-state index contributed by atoms with van der Waals surface area (Å²) in [5.74, 6) is 0.0895. The molecule has 0 aromatic heterocycles. The van der Waals surface area contributed by atoms with Gasteiger partial charge in [-0.1, -0.05) is 18.2 Å². The molecule has 0 spiro atoms. The van der Waals surface area contributed by atoms with E-state index in [1.54, 1.807) is 7.11 Å². The first kappa shape index (κ1) is 15.8. The summed E-state index contributed by atoms with van der Waals surface area (Å²) in [6.07, 6.45) is 0.161. The number of carboxylic acids is 1. The fourth-order valence-electron chi connectivity index (χ4n) is 2.93. The van der Waals surface area contributed by atoms with Crippen molar-refractivity contribution in [3.8, 4) is 5.75 Å². The van der Waals surface area contributed by atoms with E-state index in [-0.39, 0.29) is 12.5 Å². The second-order valence-electron chi connectivity index (χ2n) is 5.78. The molecule has 3 rings (SSSR count). The molecule has 1 fully saturated rings. The van der Waals surface area contributed by atoms with Gasteiger partial charge in [-0.3, -0.25) is 9.69 Å². The van der Waals surface area contributed by atoms with Gasteiger partial charge in [0.05, 0.1) is 26.2 Å². The molecule has 1 heterocycles. The molecule has 1 aliphatic rings. The highest BCUT2D eigenvalue weighted by molar-refractivity contribution is 5.84. The van der Waals surface area contributed by atoms with Gasteiger partial charge in [-0.25, -0.2) is 0 Å². The van der Waals surface area contributed by atoms with Gasteiger partial charge in [-0.2, -0.15) is 0 Å². The van der Waals surface area contributed by atoms with E-state index in [0.29, 0.717) is 13.2 Å². The predicted octanol–water partition coefficient (Wildman–Crippen LogP) is 2.70. The number of nitrogens with zero attached hydrogens (tertiary/aromatic N) is 1. The second-order valence-corrected chi connectivity index (χ2v) is 5.78. The molecule has 1 N–H and O–H groups in total. The number of methoxy groups -OCH3 is 1. The maximum absolute atomic E-state index is 10.7. The summed E-state index contributed by atoms with van der Waals surface area (Å²) in [4.78, 5) is 12.9. The third kappa shape index (κ3) is 3.81. The first-order valence-electron chi connectivity index (χ1n) is 7.79. The molecule has 1 unspecified atom stereocenters. The molecule has 0 saturated carbocycles. The predicted molar refractivity (Wildman–Crippen MR) is 87.9 cm³/mol. The van der Waals surface area contributed by atoms with Crippen LogP contribution in [0.1, 0.15) is 18.1 Å². The lowest BCUT2D eigenvalue weighted by molar-refractivity contribution is -0.137. The number of morpholine rings is 1. The van der Waals surface area contributed by atoms with Crippen LogP contribution in [0, 0.1) is 0 Å². The fourth-order valence-corrected chi connectivity index (χ4v) is 2.93. The fraction of sp³-hybridized carbons (Fsp3) is 0.389. The third-order valence-electron chi connectivity index (χ3n) is 4.24. The Bertz CT molecular complexity index is 700. The van der Waals surface area contributed by atoms with Crippen molar-refractivity contribution in [1.29, 1.82) is 0 Å². The van der Waals surface area contributed by atoms with Crippen molar-refractivity contribution in [3.63, 3.8) is 0 Å². The zero-order valence-electron chi connectivity index (χ0n) is 13.2. The van der Waals surface area contributed by atoms with E-state index in [4.69, 9.17) is 14.6 Å². The van der Waals surface area contributed by atoms with Crippen molar-refractivity contribution in [2.45, 2.75) is 12.5 Å². The van der Waals surface area contributed by atoms with Crippen LogP contribution in [0.4, 0.5) is 0 Å². The lowest BCUT2D eigenvalue weighted by atomic mass is 10.0. The van der Waals surface area contributed by atoms with E-state index in [1.165, 1.54) is 0 Å². The van der Waals surface area contributed by atoms with E-state index in [1.807, 2.05) is 18.2 Å². The highest BCUT2D eigenvalue weighted by Gasteiger charge is 2.22. The zero-order valence-corrected chi connectivity index (χ0v) is 13.2. The lowest BCUT2D eigenvalue weighted by Crippen LogP contribution is -2.39. The molecule has 5 nitrogen and oxygen atoms in total. The van der Waals surface area contributed by atoms with Crippen molar-refractivity contribution in [3.05, 3.63) is 42.0 Å². The molecule has 2 aromatic carbocycles. The number of fused-ring (bicyclic) bond motifs is 1. The second kappa shape index (κ2) is 6.98. The van der Waals surface area contributed by atoms with Crippen molar-refractivity contribution in [1.82, 2.24) is 4.90 Å². The van der Waals surface area contributed by atoms with Gasteiger partial charge in [0.15, 0.2) is 0 Å². The van der Waals surface area contributed by atoms with Gasteiger partial charge in [-0.05, 0) is 34.5 Å². The normalized spacial score (nSPS) is 18.9. The smallest absolute Gasteiger partial charge is 0.304 e. The SMILES string of the molecule is COc1ccc2cc(C3CN(CCC(=O)O)CCO3)ccc2c1. The van der Waals surface area contributed by atoms with Crippen molar-refractivity contribution < 1.29 is 19.4 Å². The molecule has 2 aromatic rings. The Balaban J connectivity index is 1.75. The number of rotatable bonds is 5. The highest BCUT2D eigenvalue weighted by atomic mass is 16.5. The van der Waals surface area contributed by atoms with Crippen LogP contribution in [0.3, 0.4) is 0 Å². The Morgan fingerprint density at radius 2 is 2.09 bits per heavy atom. The quantitative estimate of drug-likeness (QED) is 0.919. The summed E-state index contributed by atoms with van der Waals surface area (Å²) in [5, 5.41) is 11.1. The maximum atomic E-state index is 10.7. The minimum absolute atomic E-state index is 0.0101. The minimum Gasteiger partial charge on any atom is -0.497 e. The Hall–Kier alpha value is -2.11. The number of hydrogen-bond donors (Lipinski definition) is 1. The average molecular weight is 315 g/mol. The van der Waals surface area contributed by atoms with E-state index in [2.05, 4.69) is 23.1 Å². The molecular weight excluding hydrogens is 294 g/mol. The summed E-state index contributed by atoms with van der Waals surface area (Å²) < 4.78 is 11.1. The van der Waals surface area contributed by atoms with Crippen LogP contribution < -0.4 is 4.74 Å². The van der Waals surface area contributed by atoms with Crippen molar-refractivity contribution in [2.75, 3.05) is 33.4 Å². The molecule has 0 radical (unpaired) electrons. The van der Waals surface area contributed by atoms with Gasteiger partial charge in [0.25, 0.3) is 0 Å². The third-order valence-corrected chi connectivity index (χ3v) is 4.24. The molecule has 1 saturated heterocycles. The van der Waals surface area contributed by atoms with Crippen LogP contribution in [-0.4, -0.2) is 49.3 Å². The van der Waals surface area contributed by atoms with Crippen LogP contribution >= 0.6 is 0 Å². The van der Waals surface area contributed by atoms with Gasteiger partial charge in [-0.15, -0.1) is 0 Å². The van der Waals surface area contributed by atoms with Crippen molar-refractivity contribution >= 4 is 16.7 Å². The number of ether oxygens (including phenoxy) is 2. The Kier molecular flexibility index (Phi) is 4.79. The Morgan fingerprint density at radius 3 is 2.87 bits per heavy atom. The summed E-state index contributed by atoms with van der Waals surface area (Å²) in [5.41, 5.74) is 1.13. The molecule has 5 heteroatoms. The number of carbonyl (C=O) groups is 1. The standard InChI is InChI=1S/C18H21NO4/c1-22-16-5-4-13-10-15(3-2-14(13)11-16)17-12-19(8-9-23-17)7-6-18(20)21/h2-5,10-11,17H,6-9,12H2,1H3,(H,20,21). The minimum atomic E-state index is -0.757.